The van der Waals surface area contributed by atoms with E-state index in [1.807, 2.05) is 0 Å². The van der Waals surface area contributed by atoms with Crippen molar-refractivity contribution in [2.75, 3.05) is 11.1 Å². The monoisotopic (exact) mass is 268 g/mol. The number of hydrogen-bond donors (Lipinski definition) is 3. The molecule has 0 bridgehead atoms. The predicted molar refractivity (Wildman–Crippen MR) is 67.1 cm³/mol. The van der Waals surface area contributed by atoms with Crippen molar-refractivity contribution in [2.24, 2.45) is 0 Å². The second-order valence-electron chi connectivity index (χ2n) is 3.69. The van der Waals surface area contributed by atoms with Crippen LogP contribution in [-0.2, 0) is 0 Å². The molecule has 0 saturated carbocycles. The van der Waals surface area contributed by atoms with E-state index < -0.39 is 11.7 Å². The molecular formula is C11H10ClFN4O. The summed E-state index contributed by atoms with van der Waals surface area (Å²) in [7, 11) is 0. The van der Waals surface area contributed by atoms with Crippen LogP contribution in [0.4, 0.5) is 15.9 Å². The lowest BCUT2D eigenvalue weighted by Crippen LogP contribution is -2.15. The average Bonchev–Trinajstić information content (AvgIpc) is 2.62. The van der Waals surface area contributed by atoms with Crippen molar-refractivity contribution in [3.8, 4) is 0 Å². The van der Waals surface area contributed by atoms with Crippen LogP contribution < -0.4 is 11.1 Å². The van der Waals surface area contributed by atoms with Gasteiger partial charge >= 0.3 is 0 Å². The molecule has 1 heterocycles. The summed E-state index contributed by atoms with van der Waals surface area (Å²) < 4.78 is 13.5. The van der Waals surface area contributed by atoms with Gasteiger partial charge in [0.15, 0.2) is 5.82 Å². The third-order valence-electron chi connectivity index (χ3n) is 2.38. The predicted octanol–water partition coefficient (Wildman–Crippen LogP) is 2.35. The van der Waals surface area contributed by atoms with Crippen LogP contribution >= 0.6 is 11.6 Å². The average molecular weight is 269 g/mol. The topological polar surface area (TPSA) is 83.8 Å². The number of carbonyl (C=O) groups is 1. The Balaban J connectivity index is 2.27. The van der Waals surface area contributed by atoms with E-state index in [4.69, 9.17) is 17.3 Å². The van der Waals surface area contributed by atoms with Gasteiger partial charge in [-0.05, 0) is 25.1 Å². The molecule has 0 radical (unpaired) electrons. The maximum atomic E-state index is 13.5. The minimum atomic E-state index is -0.615. The number of amides is 1. The first-order chi connectivity index (χ1) is 8.49. The molecule has 2 aromatic rings. The SMILES string of the molecule is Cc1[nH]nc(N)c1C(=O)Nc1ccc(Cl)cc1F. The van der Waals surface area contributed by atoms with Gasteiger partial charge in [-0.25, -0.2) is 4.39 Å². The van der Waals surface area contributed by atoms with Gasteiger partial charge in [0.2, 0.25) is 0 Å². The molecule has 5 nitrogen and oxygen atoms in total. The standard InChI is InChI=1S/C11H10ClFN4O/c1-5-9(10(14)17-16-5)11(18)15-8-3-2-6(12)4-7(8)13/h2-4H,1H3,(H,15,18)(H3,14,16,17). The number of aromatic amines is 1. The third kappa shape index (κ3) is 2.28. The van der Waals surface area contributed by atoms with Crippen molar-refractivity contribution < 1.29 is 9.18 Å². The first kappa shape index (κ1) is 12.4. The number of rotatable bonds is 2. The third-order valence-corrected chi connectivity index (χ3v) is 2.62. The van der Waals surface area contributed by atoms with E-state index in [-0.39, 0.29) is 22.1 Å². The molecule has 94 valence electrons. The van der Waals surface area contributed by atoms with Gasteiger partial charge in [-0.3, -0.25) is 9.89 Å². The highest BCUT2D eigenvalue weighted by Gasteiger charge is 2.17. The summed E-state index contributed by atoms with van der Waals surface area (Å²) in [5.74, 6) is -1.07. The molecule has 1 aromatic carbocycles. The minimum absolute atomic E-state index is 0.0319. The number of nitrogen functional groups attached to an aromatic ring is 1. The highest BCUT2D eigenvalue weighted by molar-refractivity contribution is 6.30. The van der Waals surface area contributed by atoms with E-state index >= 15 is 0 Å². The molecule has 2 rings (SSSR count). The fourth-order valence-electron chi connectivity index (χ4n) is 1.51. The smallest absolute Gasteiger partial charge is 0.261 e. The summed E-state index contributed by atoms with van der Waals surface area (Å²) in [5.41, 5.74) is 6.28. The van der Waals surface area contributed by atoms with Crippen LogP contribution in [0.3, 0.4) is 0 Å². The lowest BCUT2D eigenvalue weighted by molar-refractivity contribution is 0.102. The zero-order valence-corrected chi connectivity index (χ0v) is 10.2. The molecule has 0 atom stereocenters. The zero-order chi connectivity index (χ0) is 13.3. The number of nitrogens with zero attached hydrogens (tertiary/aromatic N) is 1. The van der Waals surface area contributed by atoms with Crippen molar-refractivity contribution in [2.45, 2.75) is 6.92 Å². The summed E-state index contributed by atoms with van der Waals surface area (Å²) in [4.78, 5) is 11.9. The van der Waals surface area contributed by atoms with E-state index in [1.54, 1.807) is 6.92 Å². The first-order valence-electron chi connectivity index (χ1n) is 5.06. The number of nitrogens with one attached hydrogen (secondary N) is 2. The van der Waals surface area contributed by atoms with Gasteiger partial charge in [0.05, 0.1) is 5.69 Å². The van der Waals surface area contributed by atoms with Gasteiger partial charge in [-0.15, -0.1) is 0 Å². The van der Waals surface area contributed by atoms with E-state index in [2.05, 4.69) is 15.5 Å². The molecule has 18 heavy (non-hydrogen) atoms. The summed E-state index contributed by atoms with van der Waals surface area (Å²) in [6.45, 7) is 1.65. The molecule has 1 aromatic heterocycles. The number of aromatic nitrogens is 2. The molecule has 7 heteroatoms. The molecular weight excluding hydrogens is 259 g/mol. The van der Waals surface area contributed by atoms with E-state index in [0.717, 1.165) is 6.07 Å². The van der Waals surface area contributed by atoms with Crippen LogP contribution in [0.15, 0.2) is 18.2 Å². The number of aryl methyl sites for hydroxylation is 1. The number of hydrogen-bond acceptors (Lipinski definition) is 3. The lowest BCUT2D eigenvalue weighted by atomic mass is 10.2. The Morgan fingerprint density at radius 1 is 1.56 bits per heavy atom. The van der Waals surface area contributed by atoms with Gasteiger partial charge in [0.1, 0.15) is 11.4 Å². The Morgan fingerprint density at radius 3 is 2.83 bits per heavy atom. The van der Waals surface area contributed by atoms with Crippen LogP contribution in [0.25, 0.3) is 0 Å². The number of halogens is 2. The Bertz CT molecular complexity index is 592. The maximum absolute atomic E-state index is 13.5. The van der Waals surface area contributed by atoms with Crippen LogP contribution in [0.5, 0.6) is 0 Å². The number of anilines is 2. The maximum Gasteiger partial charge on any atom is 0.261 e. The van der Waals surface area contributed by atoms with Gasteiger partial charge in [-0.1, -0.05) is 11.6 Å². The quantitative estimate of drug-likeness (QED) is 0.782. The number of benzene rings is 1. The van der Waals surface area contributed by atoms with Crippen molar-refractivity contribution in [3.63, 3.8) is 0 Å². The molecule has 0 fully saturated rings. The van der Waals surface area contributed by atoms with Crippen molar-refractivity contribution >= 4 is 29.0 Å². The number of nitrogens with two attached hydrogens (primary N) is 1. The van der Waals surface area contributed by atoms with E-state index in [1.165, 1.54) is 12.1 Å². The molecule has 0 spiro atoms. The molecule has 0 aliphatic heterocycles. The van der Waals surface area contributed by atoms with Crippen molar-refractivity contribution in [3.05, 3.63) is 40.3 Å². The Labute approximate surface area is 107 Å². The van der Waals surface area contributed by atoms with Gasteiger partial charge < -0.3 is 11.1 Å². The molecule has 4 N–H and O–H groups in total. The first-order valence-corrected chi connectivity index (χ1v) is 5.43. The molecule has 0 aliphatic carbocycles. The summed E-state index contributed by atoms with van der Waals surface area (Å²) in [6, 6.07) is 3.97. The molecule has 1 amide bonds. The second kappa shape index (κ2) is 4.66. The second-order valence-corrected chi connectivity index (χ2v) is 4.12. The van der Waals surface area contributed by atoms with Crippen LogP contribution in [0.1, 0.15) is 16.1 Å². The minimum Gasteiger partial charge on any atom is -0.382 e. The van der Waals surface area contributed by atoms with Gasteiger partial charge in [-0.2, -0.15) is 5.10 Å². The zero-order valence-electron chi connectivity index (χ0n) is 9.42. The van der Waals surface area contributed by atoms with E-state index in [0.29, 0.717) is 5.69 Å². The highest BCUT2D eigenvalue weighted by Crippen LogP contribution is 2.21. The molecule has 0 saturated heterocycles. The molecule has 0 unspecified atom stereocenters. The normalized spacial score (nSPS) is 10.4. The Hall–Kier alpha value is -2.08. The number of H-pyrrole nitrogens is 1. The van der Waals surface area contributed by atoms with Gasteiger partial charge in [0.25, 0.3) is 5.91 Å². The van der Waals surface area contributed by atoms with E-state index in [9.17, 15) is 9.18 Å². The van der Waals surface area contributed by atoms with Crippen LogP contribution in [-0.4, -0.2) is 16.1 Å². The number of carbonyl (C=O) groups excluding carboxylic acids is 1. The fourth-order valence-corrected chi connectivity index (χ4v) is 1.67. The fraction of sp³-hybridized carbons (Fsp3) is 0.0909. The van der Waals surface area contributed by atoms with Crippen molar-refractivity contribution in [1.82, 2.24) is 10.2 Å². The van der Waals surface area contributed by atoms with Crippen molar-refractivity contribution in [1.29, 1.82) is 0 Å². The van der Waals surface area contributed by atoms with Gasteiger partial charge in [0, 0.05) is 10.7 Å². The lowest BCUT2D eigenvalue weighted by Gasteiger charge is -2.06. The summed E-state index contributed by atoms with van der Waals surface area (Å²) >= 11 is 5.62. The Kier molecular flexibility index (Phi) is 3.20. The molecule has 0 aliphatic rings. The Morgan fingerprint density at radius 2 is 2.28 bits per heavy atom. The van der Waals surface area contributed by atoms with Crippen LogP contribution in [0, 0.1) is 12.7 Å². The largest absolute Gasteiger partial charge is 0.382 e. The highest BCUT2D eigenvalue weighted by atomic mass is 35.5. The summed E-state index contributed by atoms with van der Waals surface area (Å²) in [6.07, 6.45) is 0. The summed E-state index contributed by atoms with van der Waals surface area (Å²) in [5, 5.41) is 8.93. The van der Waals surface area contributed by atoms with Crippen LogP contribution in [0.2, 0.25) is 5.02 Å².